The van der Waals surface area contributed by atoms with E-state index in [-0.39, 0.29) is 13.4 Å². The number of aliphatic hydroxyl groups is 2. The minimum Gasteiger partial charge on any atom is -0.388 e. The van der Waals surface area contributed by atoms with Crippen molar-refractivity contribution < 1.29 is 29.2 Å². The van der Waals surface area contributed by atoms with Gasteiger partial charge in [0, 0.05) is 7.11 Å². The smallest absolute Gasteiger partial charge is 0.151 e. The summed E-state index contributed by atoms with van der Waals surface area (Å²) >= 11 is 0. The molecule has 0 spiro atoms. The summed E-state index contributed by atoms with van der Waals surface area (Å²) in [4.78, 5) is 10.8. The number of carbonyl (C=O) groups excluding carboxylic acids is 1. The minimum atomic E-state index is -1.36. The number of methoxy groups -OCH3 is 1. The fourth-order valence-corrected chi connectivity index (χ4v) is 1.55. The van der Waals surface area contributed by atoms with Gasteiger partial charge in [0.1, 0.15) is 25.1 Å². The average Bonchev–Trinajstić information content (AvgIpc) is 2.48. The Morgan fingerprint density at radius 3 is 2.55 bits per heavy atom. The third-order valence-corrected chi connectivity index (χ3v) is 2.64. The number of aldehydes is 1. The Morgan fingerprint density at radius 1 is 1.25 bits per heavy atom. The van der Waals surface area contributed by atoms with Gasteiger partial charge >= 0.3 is 0 Å². The Labute approximate surface area is 117 Å². The fraction of sp³-hybridized carbons (Fsp3) is 0.500. The van der Waals surface area contributed by atoms with E-state index in [1.165, 1.54) is 7.11 Å². The van der Waals surface area contributed by atoms with Crippen molar-refractivity contribution in [2.75, 3.05) is 20.5 Å². The quantitative estimate of drug-likeness (QED) is 0.469. The summed E-state index contributed by atoms with van der Waals surface area (Å²) in [6.07, 6.45) is -3.31. The van der Waals surface area contributed by atoms with Gasteiger partial charge in [0.15, 0.2) is 6.29 Å². The summed E-state index contributed by atoms with van der Waals surface area (Å²) in [5, 5.41) is 19.5. The van der Waals surface area contributed by atoms with Gasteiger partial charge in [-0.2, -0.15) is 0 Å². The Balaban J connectivity index is 2.33. The molecule has 0 saturated carbocycles. The van der Waals surface area contributed by atoms with Gasteiger partial charge in [-0.1, -0.05) is 30.3 Å². The van der Waals surface area contributed by atoms with Crippen LogP contribution in [0.25, 0.3) is 0 Å². The summed E-state index contributed by atoms with van der Waals surface area (Å²) in [5.74, 6) is 0. The summed E-state index contributed by atoms with van der Waals surface area (Å²) in [6, 6.07) is 9.43. The maximum absolute atomic E-state index is 10.8. The predicted molar refractivity (Wildman–Crippen MR) is 70.9 cm³/mol. The van der Waals surface area contributed by atoms with Gasteiger partial charge in [-0.15, -0.1) is 0 Å². The maximum Gasteiger partial charge on any atom is 0.151 e. The van der Waals surface area contributed by atoms with E-state index in [0.29, 0.717) is 12.9 Å². The van der Waals surface area contributed by atoms with Gasteiger partial charge in [-0.3, -0.25) is 0 Å². The molecule has 112 valence electrons. The van der Waals surface area contributed by atoms with Crippen LogP contribution >= 0.6 is 0 Å². The molecule has 3 atom stereocenters. The Kier molecular flexibility index (Phi) is 8.01. The Bertz CT molecular complexity index is 369. The van der Waals surface area contributed by atoms with Crippen molar-refractivity contribution in [1.82, 2.24) is 0 Å². The van der Waals surface area contributed by atoms with E-state index in [4.69, 9.17) is 9.47 Å². The van der Waals surface area contributed by atoms with Crippen LogP contribution in [0.4, 0.5) is 0 Å². The third kappa shape index (κ3) is 5.77. The molecule has 20 heavy (non-hydrogen) atoms. The molecule has 1 rings (SSSR count). The standard InChI is InChI=1S/C14H20O6/c1-18-10-20-13(7-15)14(17)12(16)9-19-8-11-5-3-2-4-6-11/h2-7,12-14,16-17H,8-10H2,1H3/t12-,13+,14-/m1/s1. The van der Waals surface area contributed by atoms with Crippen molar-refractivity contribution in [3.05, 3.63) is 35.9 Å². The molecule has 0 saturated heterocycles. The SMILES string of the molecule is COCO[C@@H](C=O)[C@H](O)[C@H](O)COCc1ccccc1. The molecule has 0 aromatic heterocycles. The second kappa shape index (κ2) is 9.57. The lowest BCUT2D eigenvalue weighted by molar-refractivity contribution is -0.156. The van der Waals surface area contributed by atoms with Gasteiger partial charge < -0.3 is 29.2 Å². The van der Waals surface area contributed by atoms with Crippen LogP contribution in [0.15, 0.2) is 30.3 Å². The summed E-state index contributed by atoms with van der Waals surface area (Å²) < 4.78 is 14.9. The monoisotopic (exact) mass is 284 g/mol. The van der Waals surface area contributed by atoms with Crippen LogP contribution in [0, 0.1) is 0 Å². The molecule has 6 nitrogen and oxygen atoms in total. The number of benzene rings is 1. The molecule has 0 bridgehead atoms. The molecule has 0 amide bonds. The van der Waals surface area contributed by atoms with Crippen LogP contribution in [0.1, 0.15) is 5.56 Å². The summed E-state index contributed by atoms with van der Waals surface area (Å²) in [7, 11) is 1.40. The lowest BCUT2D eigenvalue weighted by Gasteiger charge is -2.22. The topological polar surface area (TPSA) is 85.2 Å². The van der Waals surface area contributed by atoms with Gasteiger partial charge in [-0.05, 0) is 5.56 Å². The van der Waals surface area contributed by atoms with E-state index >= 15 is 0 Å². The second-order valence-corrected chi connectivity index (χ2v) is 4.23. The Morgan fingerprint density at radius 2 is 1.95 bits per heavy atom. The van der Waals surface area contributed by atoms with Crippen LogP contribution in [0.2, 0.25) is 0 Å². The normalized spacial score (nSPS) is 15.6. The first-order valence-corrected chi connectivity index (χ1v) is 6.22. The van der Waals surface area contributed by atoms with Crippen molar-refractivity contribution in [3.8, 4) is 0 Å². The maximum atomic E-state index is 10.8. The second-order valence-electron chi connectivity index (χ2n) is 4.23. The van der Waals surface area contributed by atoms with E-state index in [1.807, 2.05) is 30.3 Å². The fourth-order valence-electron chi connectivity index (χ4n) is 1.55. The van der Waals surface area contributed by atoms with Crippen LogP contribution in [-0.4, -0.2) is 55.3 Å². The first-order chi connectivity index (χ1) is 9.69. The van der Waals surface area contributed by atoms with Crippen molar-refractivity contribution in [2.45, 2.75) is 24.9 Å². The summed E-state index contributed by atoms with van der Waals surface area (Å²) in [5.41, 5.74) is 0.955. The number of hydrogen-bond acceptors (Lipinski definition) is 6. The molecular weight excluding hydrogens is 264 g/mol. The first kappa shape index (κ1) is 16.7. The minimum absolute atomic E-state index is 0.100. The summed E-state index contributed by atoms with van der Waals surface area (Å²) in [6.45, 7) is 0.0735. The van der Waals surface area contributed by atoms with Crippen molar-refractivity contribution in [3.63, 3.8) is 0 Å². The lowest BCUT2D eigenvalue weighted by Crippen LogP contribution is -2.42. The molecule has 0 fully saturated rings. The van der Waals surface area contributed by atoms with Crippen molar-refractivity contribution in [1.29, 1.82) is 0 Å². The van der Waals surface area contributed by atoms with Crippen molar-refractivity contribution in [2.24, 2.45) is 0 Å². The zero-order valence-corrected chi connectivity index (χ0v) is 11.3. The van der Waals surface area contributed by atoms with Crippen LogP contribution in [-0.2, 0) is 25.6 Å². The third-order valence-electron chi connectivity index (χ3n) is 2.64. The molecule has 0 aliphatic heterocycles. The zero-order valence-electron chi connectivity index (χ0n) is 11.3. The Hall–Kier alpha value is -1.31. The molecular formula is C14H20O6. The highest BCUT2D eigenvalue weighted by Gasteiger charge is 2.27. The molecule has 1 aromatic rings. The highest BCUT2D eigenvalue weighted by Crippen LogP contribution is 2.06. The van der Waals surface area contributed by atoms with E-state index in [0.717, 1.165) is 5.56 Å². The molecule has 1 aromatic carbocycles. The van der Waals surface area contributed by atoms with E-state index in [2.05, 4.69) is 4.74 Å². The van der Waals surface area contributed by atoms with Crippen LogP contribution in [0.3, 0.4) is 0 Å². The van der Waals surface area contributed by atoms with Gasteiger partial charge in [0.25, 0.3) is 0 Å². The molecule has 2 N–H and O–H groups in total. The number of carbonyl (C=O) groups is 1. The molecule has 0 aliphatic rings. The molecule has 0 heterocycles. The van der Waals surface area contributed by atoms with Gasteiger partial charge in [0.2, 0.25) is 0 Å². The molecule has 0 unspecified atom stereocenters. The number of hydrogen-bond donors (Lipinski definition) is 2. The van der Waals surface area contributed by atoms with E-state index in [1.54, 1.807) is 0 Å². The molecule has 0 radical (unpaired) electrons. The first-order valence-electron chi connectivity index (χ1n) is 6.22. The number of rotatable bonds is 10. The molecule has 0 aliphatic carbocycles. The van der Waals surface area contributed by atoms with Gasteiger partial charge in [-0.25, -0.2) is 0 Å². The predicted octanol–water partition coefficient (Wildman–Crippen LogP) is 0.113. The van der Waals surface area contributed by atoms with E-state index < -0.39 is 18.3 Å². The van der Waals surface area contributed by atoms with Crippen molar-refractivity contribution >= 4 is 6.29 Å². The average molecular weight is 284 g/mol. The highest BCUT2D eigenvalue weighted by molar-refractivity contribution is 5.57. The number of aliphatic hydroxyl groups excluding tert-OH is 2. The lowest BCUT2D eigenvalue weighted by atomic mass is 10.1. The van der Waals surface area contributed by atoms with Gasteiger partial charge in [0.05, 0.1) is 13.2 Å². The molecule has 6 heteroatoms. The zero-order chi connectivity index (χ0) is 14.8. The number of ether oxygens (including phenoxy) is 3. The highest BCUT2D eigenvalue weighted by atomic mass is 16.7. The van der Waals surface area contributed by atoms with Crippen LogP contribution < -0.4 is 0 Å². The van der Waals surface area contributed by atoms with E-state index in [9.17, 15) is 15.0 Å². The van der Waals surface area contributed by atoms with Crippen LogP contribution in [0.5, 0.6) is 0 Å². The largest absolute Gasteiger partial charge is 0.388 e.